The van der Waals surface area contributed by atoms with E-state index in [-0.39, 0.29) is 24.2 Å². The van der Waals surface area contributed by atoms with Crippen LogP contribution in [0, 0.1) is 5.92 Å². The predicted octanol–water partition coefficient (Wildman–Crippen LogP) is 2.50. The number of amides is 2. The third kappa shape index (κ3) is 4.96. The van der Waals surface area contributed by atoms with Crippen LogP contribution in [0.1, 0.15) is 38.5 Å². The van der Waals surface area contributed by atoms with Crippen molar-refractivity contribution in [3.05, 3.63) is 18.2 Å². The van der Waals surface area contributed by atoms with Crippen LogP contribution >= 0.6 is 0 Å². The largest absolute Gasteiger partial charge is 0.495 e. The van der Waals surface area contributed by atoms with Crippen LogP contribution < -0.4 is 21.1 Å². The molecule has 1 aromatic rings. The minimum Gasteiger partial charge on any atom is -0.495 e. The van der Waals surface area contributed by atoms with Crippen LogP contribution in [0.25, 0.3) is 0 Å². The Morgan fingerprint density at radius 2 is 1.96 bits per heavy atom. The van der Waals surface area contributed by atoms with E-state index in [1.54, 1.807) is 25.3 Å². The van der Waals surface area contributed by atoms with Gasteiger partial charge in [0.05, 0.1) is 12.8 Å². The zero-order chi connectivity index (χ0) is 16.7. The van der Waals surface area contributed by atoms with E-state index in [9.17, 15) is 9.59 Å². The number of methoxy groups -OCH3 is 1. The van der Waals surface area contributed by atoms with Crippen molar-refractivity contribution in [2.75, 3.05) is 24.3 Å². The van der Waals surface area contributed by atoms with Crippen molar-refractivity contribution in [3.8, 4) is 5.75 Å². The Labute approximate surface area is 136 Å². The van der Waals surface area contributed by atoms with Gasteiger partial charge in [0.1, 0.15) is 5.75 Å². The van der Waals surface area contributed by atoms with Crippen LogP contribution in [-0.2, 0) is 9.59 Å². The summed E-state index contributed by atoms with van der Waals surface area (Å²) < 4.78 is 5.29. The second-order valence-corrected chi connectivity index (χ2v) is 5.83. The summed E-state index contributed by atoms with van der Waals surface area (Å²) in [4.78, 5) is 24.0. The smallest absolute Gasteiger partial charge is 0.227 e. The zero-order valence-electron chi connectivity index (χ0n) is 13.6. The Balaban J connectivity index is 2.08. The lowest BCUT2D eigenvalue weighted by molar-refractivity contribution is -0.120. The van der Waals surface area contributed by atoms with Gasteiger partial charge in [-0.15, -0.1) is 0 Å². The Kier molecular flexibility index (Phi) is 6.40. The summed E-state index contributed by atoms with van der Waals surface area (Å²) in [7, 11) is 1.55. The van der Waals surface area contributed by atoms with Crippen molar-refractivity contribution in [1.29, 1.82) is 0 Å². The molecule has 0 atom stereocenters. The van der Waals surface area contributed by atoms with Gasteiger partial charge in [-0.25, -0.2) is 0 Å². The number of nitrogens with two attached hydrogens (primary N) is 1. The fourth-order valence-corrected chi connectivity index (χ4v) is 2.84. The molecule has 1 aliphatic rings. The molecule has 0 radical (unpaired) electrons. The number of ether oxygens (including phenoxy) is 1. The average molecular weight is 319 g/mol. The van der Waals surface area contributed by atoms with Crippen molar-refractivity contribution >= 4 is 23.2 Å². The Morgan fingerprint density at radius 1 is 1.22 bits per heavy atom. The zero-order valence-corrected chi connectivity index (χ0v) is 13.6. The standard InChI is InChI=1S/C17H25N3O3/c1-23-15-8-7-13(19-16(21)9-10-18)11-14(15)20-17(22)12-5-3-2-4-6-12/h7-8,11-12H,2-6,9-10,18H2,1H3,(H,19,21)(H,20,22). The Morgan fingerprint density at radius 3 is 2.61 bits per heavy atom. The normalized spacial score (nSPS) is 15.0. The minimum atomic E-state index is -0.151. The van der Waals surface area contributed by atoms with Gasteiger partial charge < -0.3 is 21.1 Å². The molecule has 0 spiro atoms. The van der Waals surface area contributed by atoms with Crippen LogP contribution in [0.2, 0.25) is 0 Å². The summed E-state index contributed by atoms with van der Waals surface area (Å²) in [5.74, 6) is 0.505. The summed E-state index contributed by atoms with van der Waals surface area (Å²) in [5.41, 5.74) is 6.56. The molecule has 6 nitrogen and oxygen atoms in total. The highest BCUT2D eigenvalue weighted by Crippen LogP contribution is 2.30. The number of anilines is 2. The molecular formula is C17H25N3O3. The lowest BCUT2D eigenvalue weighted by Crippen LogP contribution is -2.25. The van der Waals surface area contributed by atoms with E-state index in [1.807, 2.05) is 0 Å². The van der Waals surface area contributed by atoms with Crippen LogP contribution in [0.3, 0.4) is 0 Å². The van der Waals surface area contributed by atoms with Gasteiger partial charge in [0.15, 0.2) is 0 Å². The maximum absolute atomic E-state index is 12.4. The molecular weight excluding hydrogens is 294 g/mol. The van der Waals surface area contributed by atoms with Gasteiger partial charge in [0.2, 0.25) is 11.8 Å². The molecule has 1 aromatic carbocycles. The van der Waals surface area contributed by atoms with E-state index < -0.39 is 0 Å². The quantitative estimate of drug-likeness (QED) is 0.751. The summed E-state index contributed by atoms with van der Waals surface area (Å²) >= 11 is 0. The molecule has 4 N–H and O–H groups in total. The van der Waals surface area contributed by atoms with Crippen LogP contribution in [0.4, 0.5) is 11.4 Å². The molecule has 0 aliphatic heterocycles. The lowest BCUT2D eigenvalue weighted by atomic mass is 9.88. The Bertz CT molecular complexity index is 554. The SMILES string of the molecule is COc1ccc(NC(=O)CCN)cc1NC(=O)C1CCCCC1. The van der Waals surface area contributed by atoms with Gasteiger partial charge in [0.25, 0.3) is 0 Å². The molecule has 23 heavy (non-hydrogen) atoms. The molecule has 0 bridgehead atoms. The number of benzene rings is 1. The van der Waals surface area contributed by atoms with Gasteiger partial charge in [-0.1, -0.05) is 19.3 Å². The first-order chi connectivity index (χ1) is 11.1. The first-order valence-electron chi connectivity index (χ1n) is 8.13. The molecule has 0 aromatic heterocycles. The molecule has 1 fully saturated rings. The van der Waals surface area contributed by atoms with Crippen molar-refractivity contribution in [3.63, 3.8) is 0 Å². The molecule has 6 heteroatoms. The number of rotatable bonds is 6. The number of carbonyl (C=O) groups is 2. The van der Waals surface area contributed by atoms with E-state index in [1.165, 1.54) is 6.42 Å². The summed E-state index contributed by atoms with van der Waals surface area (Å²) in [6.45, 7) is 0.299. The van der Waals surface area contributed by atoms with Gasteiger partial charge in [0, 0.05) is 24.6 Å². The number of nitrogens with one attached hydrogen (secondary N) is 2. The molecule has 0 heterocycles. The van der Waals surface area contributed by atoms with Crippen molar-refractivity contribution < 1.29 is 14.3 Å². The highest BCUT2D eigenvalue weighted by molar-refractivity contribution is 5.96. The fraction of sp³-hybridized carbons (Fsp3) is 0.529. The van der Waals surface area contributed by atoms with Crippen molar-refractivity contribution in [1.82, 2.24) is 0 Å². The average Bonchev–Trinajstić information content (AvgIpc) is 2.56. The van der Waals surface area contributed by atoms with Crippen molar-refractivity contribution in [2.45, 2.75) is 38.5 Å². The van der Waals surface area contributed by atoms with E-state index >= 15 is 0 Å². The topological polar surface area (TPSA) is 93.4 Å². The van der Waals surface area contributed by atoms with Gasteiger partial charge >= 0.3 is 0 Å². The summed E-state index contributed by atoms with van der Waals surface area (Å²) in [5, 5.41) is 5.70. The molecule has 2 amide bonds. The molecule has 0 saturated heterocycles. The fourth-order valence-electron chi connectivity index (χ4n) is 2.84. The van der Waals surface area contributed by atoms with Crippen LogP contribution in [0.15, 0.2) is 18.2 Å². The minimum absolute atomic E-state index is 0.0217. The highest BCUT2D eigenvalue weighted by atomic mass is 16.5. The molecule has 1 aliphatic carbocycles. The third-order valence-corrected chi connectivity index (χ3v) is 4.09. The highest BCUT2D eigenvalue weighted by Gasteiger charge is 2.22. The second-order valence-electron chi connectivity index (χ2n) is 5.83. The van der Waals surface area contributed by atoms with Gasteiger partial charge in [-0.05, 0) is 31.0 Å². The molecule has 126 valence electrons. The molecule has 2 rings (SSSR count). The Hall–Kier alpha value is -2.08. The van der Waals surface area contributed by atoms with Crippen LogP contribution in [0.5, 0.6) is 5.75 Å². The van der Waals surface area contributed by atoms with E-state index in [2.05, 4.69) is 10.6 Å². The lowest BCUT2D eigenvalue weighted by Gasteiger charge is -2.21. The first kappa shape index (κ1) is 17.3. The molecule has 0 unspecified atom stereocenters. The summed E-state index contributed by atoms with van der Waals surface area (Å²) in [6, 6.07) is 5.19. The van der Waals surface area contributed by atoms with E-state index in [0.717, 1.165) is 25.7 Å². The van der Waals surface area contributed by atoms with E-state index in [4.69, 9.17) is 10.5 Å². The maximum atomic E-state index is 12.4. The number of carbonyl (C=O) groups excluding carboxylic acids is 2. The summed E-state index contributed by atoms with van der Waals surface area (Å²) in [6.07, 6.45) is 5.53. The van der Waals surface area contributed by atoms with E-state index in [0.29, 0.717) is 23.7 Å². The predicted molar refractivity (Wildman–Crippen MR) is 90.5 cm³/mol. The van der Waals surface area contributed by atoms with Crippen LogP contribution in [-0.4, -0.2) is 25.5 Å². The monoisotopic (exact) mass is 319 g/mol. The third-order valence-electron chi connectivity index (χ3n) is 4.09. The first-order valence-corrected chi connectivity index (χ1v) is 8.13. The number of hydrogen-bond acceptors (Lipinski definition) is 4. The van der Waals surface area contributed by atoms with Crippen molar-refractivity contribution in [2.24, 2.45) is 11.7 Å². The second kappa shape index (κ2) is 8.53. The number of hydrogen-bond donors (Lipinski definition) is 3. The maximum Gasteiger partial charge on any atom is 0.227 e. The van der Waals surface area contributed by atoms with Gasteiger partial charge in [-0.3, -0.25) is 9.59 Å². The molecule has 1 saturated carbocycles. The van der Waals surface area contributed by atoms with Gasteiger partial charge in [-0.2, -0.15) is 0 Å².